The molecule has 0 spiro atoms. The first-order valence-electron chi connectivity index (χ1n) is 8.96. The number of carbonyl (C=O) groups excluding carboxylic acids is 1. The zero-order valence-corrected chi connectivity index (χ0v) is 15.6. The molecule has 2 aliphatic heterocycles. The molecule has 0 radical (unpaired) electrons. The first-order chi connectivity index (χ1) is 11.8. The molecule has 1 saturated heterocycles. The van der Waals surface area contributed by atoms with E-state index >= 15 is 0 Å². The summed E-state index contributed by atoms with van der Waals surface area (Å²) in [5.41, 5.74) is 3.84. The first kappa shape index (κ1) is 16.4. The third-order valence-electron chi connectivity index (χ3n) is 5.13. The lowest BCUT2D eigenvalue weighted by Crippen LogP contribution is -2.35. The highest BCUT2D eigenvalue weighted by molar-refractivity contribution is 8.77. The Morgan fingerprint density at radius 1 is 1.29 bits per heavy atom. The molecule has 1 amide bonds. The van der Waals surface area contributed by atoms with Gasteiger partial charge in [-0.3, -0.25) is 4.79 Å². The minimum atomic E-state index is 0.327. The van der Waals surface area contributed by atoms with Crippen molar-refractivity contribution in [3.8, 4) is 0 Å². The van der Waals surface area contributed by atoms with Crippen molar-refractivity contribution in [2.24, 2.45) is 0 Å². The molecule has 3 heterocycles. The number of aromatic nitrogens is 1. The van der Waals surface area contributed by atoms with E-state index < -0.39 is 0 Å². The molecule has 2 aromatic rings. The molecule has 1 aromatic heterocycles. The fourth-order valence-electron chi connectivity index (χ4n) is 3.78. The Morgan fingerprint density at radius 3 is 3.08 bits per heavy atom. The SMILES string of the molecule is O=C(CCCCC1CCSS1)N1CCc2c([nH]c3ccccc23)C1. The first-order valence-corrected chi connectivity index (χ1v) is 11.3. The van der Waals surface area contributed by atoms with Crippen molar-refractivity contribution in [3.63, 3.8) is 0 Å². The summed E-state index contributed by atoms with van der Waals surface area (Å²) < 4.78 is 0. The third kappa shape index (κ3) is 3.47. The van der Waals surface area contributed by atoms with Crippen molar-refractivity contribution >= 4 is 38.4 Å². The molecular weight excluding hydrogens is 336 g/mol. The van der Waals surface area contributed by atoms with Crippen LogP contribution in [-0.4, -0.2) is 33.3 Å². The number of hydrogen-bond acceptors (Lipinski definition) is 3. The van der Waals surface area contributed by atoms with Crippen LogP contribution in [0, 0.1) is 0 Å². The molecule has 0 bridgehead atoms. The number of hydrogen-bond donors (Lipinski definition) is 1. The average Bonchev–Trinajstić information content (AvgIpc) is 3.25. The quantitative estimate of drug-likeness (QED) is 0.616. The molecule has 5 heteroatoms. The van der Waals surface area contributed by atoms with Gasteiger partial charge < -0.3 is 9.88 Å². The standard InChI is InChI=1S/C19H24N2OS2/c22-19(8-4-1-5-14-10-12-23-24-14)21-11-9-16-15-6-2-3-7-17(15)20-18(16)13-21/h2-3,6-7,14,20H,1,4-5,8-13H2. The number of fused-ring (bicyclic) bond motifs is 3. The van der Waals surface area contributed by atoms with E-state index in [9.17, 15) is 4.79 Å². The van der Waals surface area contributed by atoms with E-state index in [0.717, 1.165) is 31.2 Å². The molecule has 1 atom stereocenters. The largest absolute Gasteiger partial charge is 0.357 e. The van der Waals surface area contributed by atoms with Gasteiger partial charge in [-0.2, -0.15) is 0 Å². The topological polar surface area (TPSA) is 36.1 Å². The summed E-state index contributed by atoms with van der Waals surface area (Å²) >= 11 is 0. The van der Waals surface area contributed by atoms with Crippen LogP contribution in [0.2, 0.25) is 0 Å². The number of unbranched alkanes of at least 4 members (excludes halogenated alkanes) is 1. The van der Waals surface area contributed by atoms with Gasteiger partial charge in [0.2, 0.25) is 5.91 Å². The van der Waals surface area contributed by atoms with Crippen LogP contribution in [0.1, 0.15) is 43.4 Å². The summed E-state index contributed by atoms with van der Waals surface area (Å²) in [6.07, 6.45) is 6.53. The van der Waals surface area contributed by atoms with Crippen LogP contribution in [0.4, 0.5) is 0 Å². The van der Waals surface area contributed by atoms with Crippen molar-refractivity contribution < 1.29 is 4.79 Å². The maximum absolute atomic E-state index is 12.5. The number of rotatable bonds is 5. The zero-order valence-electron chi connectivity index (χ0n) is 13.9. The van der Waals surface area contributed by atoms with Crippen LogP contribution in [0.5, 0.6) is 0 Å². The Bertz CT molecular complexity index is 721. The Kier molecular flexibility index (Phi) is 5.09. The molecule has 2 aliphatic rings. The van der Waals surface area contributed by atoms with Crippen LogP contribution in [0.25, 0.3) is 10.9 Å². The molecule has 128 valence electrons. The molecule has 0 saturated carbocycles. The van der Waals surface area contributed by atoms with Gasteiger partial charge in [0, 0.05) is 40.6 Å². The Morgan fingerprint density at radius 2 is 2.21 bits per heavy atom. The number of aromatic amines is 1. The highest BCUT2D eigenvalue weighted by Crippen LogP contribution is 2.40. The van der Waals surface area contributed by atoms with Gasteiger partial charge >= 0.3 is 0 Å². The summed E-state index contributed by atoms with van der Waals surface area (Å²) in [6, 6.07) is 8.46. The monoisotopic (exact) mass is 360 g/mol. The number of H-pyrrole nitrogens is 1. The summed E-state index contributed by atoms with van der Waals surface area (Å²) in [5, 5.41) is 2.15. The fourth-order valence-corrected chi connectivity index (χ4v) is 6.80. The zero-order chi connectivity index (χ0) is 16.4. The lowest BCUT2D eigenvalue weighted by molar-refractivity contribution is -0.132. The second-order valence-corrected chi connectivity index (χ2v) is 9.56. The Balaban J connectivity index is 1.30. The van der Waals surface area contributed by atoms with Crippen molar-refractivity contribution in [2.75, 3.05) is 12.3 Å². The second kappa shape index (κ2) is 7.44. The molecule has 1 N–H and O–H groups in total. The van der Waals surface area contributed by atoms with E-state index in [1.54, 1.807) is 0 Å². The van der Waals surface area contributed by atoms with Gasteiger partial charge in [-0.05, 0) is 37.3 Å². The van der Waals surface area contributed by atoms with Crippen molar-refractivity contribution in [3.05, 3.63) is 35.5 Å². The highest BCUT2D eigenvalue weighted by atomic mass is 33.1. The summed E-state index contributed by atoms with van der Waals surface area (Å²) in [5.74, 6) is 1.63. The van der Waals surface area contributed by atoms with Crippen LogP contribution in [0.3, 0.4) is 0 Å². The molecule has 0 aliphatic carbocycles. The predicted molar refractivity (Wildman–Crippen MR) is 104 cm³/mol. The number of para-hydroxylation sites is 1. The van der Waals surface area contributed by atoms with Crippen LogP contribution >= 0.6 is 21.6 Å². The predicted octanol–water partition coefficient (Wildman–Crippen LogP) is 4.77. The second-order valence-electron chi connectivity index (χ2n) is 6.77. The Hall–Kier alpha value is -1.07. The van der Waals surface area contributed by atoms with E-state index in [4.69, 9.17) is 0 Å². The van der Waals surface area contributed by atoms with Crippen molar-refractivity contribution in [1.29, 1.82) is 0 Å². The molecular formula is C19H24N2OS2. The smallest absolute Gasteiger partial charge is 0.222 e. The van der Waals surface area contributed by atoms with Crippen molar-refractivity contribution in [2.45, 2.75) is 50.3 Å². The van der Waals surface area contributed by atoms with Crippen LogP contribution in [0.15, 0.2) is 24.3 Å². The fraction of sp³-hybridized carbons (Fsp3) is 0.526. The lowest BCUT2D eigenvalue weighted by Gasteiger charge is -2.27. The van der Waals surface area contributed by atoms with Gasteiger partial charge in [-0.1, -0.05) is 46.2 Å². The number of nitrogens with one attached hydrogen (secondary N) is 1. The van der Waals surface area contributed by atoms with Crippen LogP contribution in [-0.2, 0) is 17.8 Å². The van der Waals surface area contributed by atoms with E-state index in [2.05, 4.69) is 29.2 Å². The van der Waals surface area contributed by atoms with Crippen molar-refractivity contribution in [1.82, 2.24) is 9.88 Å². The lowest BCUT2D eigenvalue weighted by atomic mass is 10.0. The maximum Gasteiger partial charge on any atom is 0.222 e. The third-order valence-corrected chi connectivity index (χ3v) is 8.14. The highest BCUT2D eigenvalue weighted by Gasteiger charge is 2.23. The maximum atomic E-state index is 12.5. The average molecular weight is 361 g/mol. The van der Waals surface area contributed by atoms with E-state index in [1.165, 1.54) is 47.2 Å². The number of amides is 1. The number of carbonyl (C=O) groups is 1. The number of benzene rings is 1. The molecule has 24 heavy (non-hydrogen) atoms. The molecule has 1 aromatic carbocycles. The van der Waals surface area contributed by atoms with E-state index in [1.807, 2.05) is 26.5 Å². The normalized spacial score (nSPS) is 20.5. The van der Waals surface area contributed by atoms with Gasteiger partial charge in [0.1, 0.15) is 0 Å². The Labute approximate surface area is 151 Å². The minimum Gasteiger partial charge on any atom is -0.357 e. The van der Waals surface area contributed by atoms with Gasteiger partial charge in [0.15, 0.2) is 0 Å². The van der Waals surface area contributed by atoms with Gasteiger partial charge in [0.05, 0.1) is 6.54 Å². The minimum absolute atomic E-state index is 0.327. The number of nitrogens with zero attached hydrogens (tertiary/aromatic N) is 1. The van der Waals surface area contributed by atoms with E-state index in [-0.39, 0.29) is 0 Å². The van der Waals surface area contributed by atoms with Gasteiger partial charge in [-0.25, -0.2) is 0 Å². The summed E-state index contributed by atoms with van der Waals surface area (Å²) in [4.78, 5) is 18.1. The molecule has 4 rings (SSSR count). The molecule has 3 nitrogen and oxygen atoms in total. The van der Waals surface area contributed by atoms with Crippen LogP contribution < -0.4 is 0 Å². The van der Waals surface area contributed by atoms with Gasteiger partial charge in [0.25, 0.3) is 0 Å². The summed E-state index contributed by atoms with van der Waals surface area (Å²) in [6.45, 7) is 1.61. The summed E-state index contributed by atoms with van der Waals surface area (Å²) in [7, 11) is 4.04. The molecule has 1 unspecified atom stereocenters. The molecule has 1 fully saturated rings. The van der Waals surface area contributed by atoms with E-state index in [0.29, 0.717) is 12.3 Å². The van der Waals surface area contributed by atoms with Gasteiger partial charge in [-0.15, -0.1) is 0 Å².